The van der Waals surface area contributed by atoms with Crippen molar-refractivity contribution in [2.75, 3.05) is 0 Å². The van der Waals surface area contributed by atoms with E-state index >= 15 is 0 Å². The highest BCUT2D eigenvalue weighted by Gasteiger charge is 2.09. The van der Waals surface area contributed by atoms with Gasteiger partial charge in [-0.3, -0.25) is 0 Å². The van der Waals surface area contributed by atoms with Gasteiger partial charge in [0, 0.05) is 10.2 Å². The van der Waals surface area contributed by atoms with Crippen molar-refractivity contribution in [1.82, 2.24) is 0 Å². The minimum absolute atomic E-state index is 1.14. The van der Waals surface area contributed by atoms with E-state index in [1.165, 1.54) is 23.1 Å². The molecule has 15 heavy (non-hydrogen) atoms. The molecule has 1 aromatic carbocycles. The van der Waals surface area contributed by atoms with E-state index in [9.17, 15) is 0 Å². The summed E-state index contributed by atoms with van der Waals surface area (Å²) in [5, 5.41) is 1.62. The summed E-state index contributed by atoms with van der Waals surface area (Å²) in [6.45, 7) is 10.7. The zero-order valence-corrected chi connectivity index (χ0v) is 12.5. The monoisotopic (exact) mass is 218 g/mol. The van der Waals surface area contributed by atoms with E-state index in [1.54, 1.807) is 10.8 Å². The maximum Gasteiger partial charge on any atom is 0.0392 e. The molecule has 0 heterocycles. The molecule has 1 aromatic rings. The summed E-state index contributed by atoms with van der Waals surface area (Å²) < 4.78 is 0. The maximum absolute atomic E-state index is 3.93. The van der Waals surface area contributed by atoms with Crippen LogP contribution in [0.1, 0.15) is 43.0 Å². The Bertz CT molecular complexity index is 364. The van der Waals surface area contributed by atoms with Crippen LogP contribution in [0.4, 0.5) is 0 Å². The lowest BCUT2D eigenvalue weighted by molar-refractivity contribution is 1.03. The van der Waals surface area contributed by atoms with Crippen molar-refractivity contribution in [2.45, 2.75) is 40.0 Å². The first kappa shape index (κ1) is 12.2. The van der Waals surface area contributed by atoms with Crippen molar-refractivity contribution in [3.8, 4) is 0 Å². The standard InChI is InChI=1S/C14H22Si/c1-5-10-9-11(6-2)13(8-4)14(15)12(10)7-3/h5,9H,1,6-8H2,2-4,15H3. The van der Waals surface area contributed by atoms with E-state index in [2.05, 4.69) is 33.4 Å². The predicted octanol–water partition coefficient (Wildman–Crippen LogP) is 2.01. The first-order valence-corrected chi connectivity index (χ1v) is 6.96. The largest absolute Gasteiger partial charge is 0.0985 e. The van der Waals surface area contributed by atoms with Gasteiger partial charge in [0.1, 0.15) is 0 Å². The zero-order valence-electron chi connectivity index (χ0n) is 10.5. The lowest BCUT2D eigenvalue weighted by Gasteiger charge is -2.17. The van der Waals surface area contributed by atoms with Crippen LogP contribution < -0.4 is 5.19 Å². The van der Waals surface area contributed by atoms with E-state index in [4.69, 9.17) is 0 Å². The van der Waals surface area contributed by atoms with E-state index in [0.29, 0.717) is 0 Å². The Labute approximate surface area is 96.8 Å². The van der Waals surface area contributed by atoms with Gasteiger partial charge in [-0.1, -0.05) is 44.7 Å². The van der Waals surface area contributed by atoms with Gasteiger partial charge in [-0.25, -0.2) is 0 Å². The number of aryl methyl sites for hydroxylation is 1. The molecule has 0 spiro atoms. The number of hydrogen-bond acceptors (Lipinski definition) is 0. The number of rotatable bonds is 4. The summed E-state index contributed by atoms with van der Waals surface area (Å²) in [4.78, 5) is 0. The highest BCUT2D eigenvalue weighted by molar-refractivity contribution is 6.34. The Kier molecular flexibility index (Phi) is 4.34. The van der Waals surface area contributed by atoms with Crippen LogP contribution >= 0.6 is 0 Å². The van der Waals surface area contributed by atoms with Gasteiger partial charge >= 0.3 is 0 Å². The molecular formula is C14H22Si. The van der Waals surface area contributed by atoms with Crippen molar-refractivity contribution in [3.05, 3.63) is 34.9 Å². The summed E-state index contributed by atoms with van der Waals surface area (Å²) in [6.07, 6.45) is 5.46. The van der Waals surface area contributed by atoms with Crippen LogP contribution in [-0.2, 0) is 19.3 Å². The summed E-state index contributed by atoms with van der Waals surface area (Å²) in [6, 6.07) is 2.34. The van der Waals surface area contributed by atoms with Gasteiger partial charge in [0.2, 0.25) is 0 Å². The minimum atomic E-state index is 1.14. The quantitative estimate of drug-likeness (QED) is 0.678. The fraction of sp³-hybridized carbons (Fsp3) is 0.429. The van der Waals surface area contributed by atoms with Crippen LogP contribution in [0.15, 0.2) is 12.6 Å². The molecule has 0 nitrogen and oxygen atoms in total. The molecule has 1 rings (SSSR count). The Morgan fingerprint density at radius 1 is 1.13 bits per heavy atom. The van der Waals surface area contributed by atoms with Gasteiger partial charge in [0.25, 0.3) is 0 Å². The van der Waals surface area contributed by atoms with Crippen LogP contribution in [0.25, 0.3) is 6.08 Å². The van der Waals surface area contributed by atoms with Crippen molar-refractivity contribution < 1.29 is 0 Å². The van der Waals surface area contributed by atoms with Crippen LogP contribution in [0.3, 0.4) is 0 Å². The average Bonchev–Trinajstić information content (AvgIpc) is 2.27. The fourth-order valence-corrected chi connectivity index (χ4v) is 3.78. The minimum Gasteiger partial charge on any atom is -0.0985 e. The van der Waals surface area contributed by atoms with Gasteiger partial charge in [-0.05, 0) is 41.5 Å². The average molecular weight is 218 g/mol. The van der Waals surface area contributed by atoms with Crippen molar-refractivity contribution in [3.63, 3.8) is 0 Å². The highest BCUT2D eigenvalue weighted by Crippen LogP contribution is 2.17. The molecule has 0 unspecified atom stereocenters. The summed E-state index contributed by atoms with van der Waals surface area (Å²) in [7, 11) is 1.16. The molecule has 0 aromatic heterocycles. The Hall–Kier alpha value is -0.823. The van der Waals surface area contributed by atoms with E-state index in [0.717, 1.165) is 23.1 Å². The van der Waals surface area contributed by atoms with E-state index in [-0.39, 0.29) is 0 Å². The second-order valence-corrected chi connectivity index (χ2v) is 4.97. The Morgan fingerprint density at radius 3 is 2.13 bits per heavy atom. The molecule has 0 fully saturated rings. The lowest BCUT2D eigenvalue weighted by atomic mass is 9.94. The molecule has 0 saturated carbocycles. The molecule has 0 aliphatic rings. The molecule has 0 radical (unpaired) electrons. The third-order valence-corrected chi connectivity index (χ3v) is 4.49. The van der Waals surface area contributed by atoms with Gasteiger partial charge < -0.3 is 0 Å². The lowest BCUT2D eigenvalue weighted by Crippen LogP contribution is -2.19. The smallest absolute Gasteiger partial charge is 0.0392 e. The first-order chi connectivity index (χ1) is 7.19. The van der Waals surface area contributed by atoms with Crippen molar-refractivity contribution >= 4 is 21.5 Å². The molecule has 0 bridgehead atoms. The molecule has 1 heteroatoms. The predicted molar refractivity (Wildman–Crippen MR) is 74.2 cm³/mol. The SMILES string of the molecule is C=Cc1cc(CC)c(CC)c([SiH3])c1CC. The van der Waals surface area contributed by atoms with Gasteiger partial charge in [0.05, 0.1) is 0 Å². The van der Waals surface area contributed by atoms with Crippen LogP contribution in [-0.4, -0.2) is 10.2 Å². The number of benzene rings is 1. The summed E-state index contributed by atoms with van der Waals surface area (Å²) in [5.41, 5.74) is 6.02. The van der Waals surface area contributed by atoms with Gasteiger partial charge in [-0.15, -0.1) is 0 Å². The van der Waals surface area contributed by atoms with E-state index in [1.807, 2.05) is 6.08 Å². The van der Waals surface area contributed by atoms with Crippen LogP contribution in [0, 0.1) is 0 Å². The van der Waals surface area contributed by atoms with Crippen molar-refractivity contribution in [2.24, 2.45) is 0 Å². The Balaban J connectivity index is 3.48. The third kappa shape index (κ3) is 2.23. The summed E-state index contributed by atoms with van der Waals surface area (Å²) >= 11 is 0. The van der Waals surface area contributed by atoms with Gasteiger partial charge in [0.15, 0.2) is 0 Å². The van der Waals surface area contributed by atoms with Crippen LogP contribution in [0.5, 0.6) is 0 Å². The second-order valence-electron chi connectivity index (χ2n) is 3.97. The summed E-state index contributed by atoms with van der Waals surface area (Å²) in [5.74, 6) is 0. The van der Waals surface area contributed by atoms with E-state index < -0.39 is 0 Å². The first-order valence-electron chi connectivity index (χ1n) is 5.96. The molecule has 0 atom stereocenters. The van der Waals surface area contributed by atoms with Crippen LogP contribution in [0.2, 0.25) is 0 Å². The molecule has 0 N–H and O–H groups in total. The number of hydrogen-bond donors (Lipinski definition) is 0. The molecular weight excluding hydrogens is 196 g/mol. The topological polar surface area (TPSA) is 0 Å². The van der Waals surface area contributed by atoms with Gasteiger partial charge in [-0.2, -0.15) is 0 Å². The van der Waals surface area contributed by atoms with Crippen molar-refractivity contribution in [1.29, 1.82) is 0 Å². The Morgan fingerprint density at radius 2 is 1.73 bits per heavy atom. The third-order valence-electron chi connectivity index (χ3n) is 3.28. The second kappa shape index (κ2) is 5.31. The molecule has 0 aliphatic heterocycles. The maximum atomic E-state index is 3.93. The molecule has 0 saturated heterocycles. The molecule has 0 amide bonds. The zero-order chi connectivity index (χ0) is 11.4. The fourth-order valence-electron chi connectivity index (χ4n) is 2.46. The highest BCUT2D eigenvalue weighted by atomic mass is 28.1. The normalized spacial score (nSPS) is 10.6. The molecule has 0 aliphatic carbocycles. The molecule has 82 valence electrons.